The molecular weight excluding hydrogens is 418 g/mol. The monoisotopic (exact) mass is 447 g/mol. The summed E-state index contributed by atoms with van der Waals surface area (Å²) < 4.78 is 1.47. The quantitative estimate of drug-likeness (QED) is 0.666. The Balaban J connectivity index is 1.41. The minimum Gasteiger partial charge on any atom is -0.338 e. The Morgan fingerprint density at radius 3 is 2.76 bits per heavy atom. The maximum Gasteiger partial charge on any atom is 0.277 e. The number of hydrogen-bond acceptors (Lipinski definition) is 4. The molecule has 33 heavy (non-hydrogen) atoms. The van der Waals surface area contributed by atoms with Crippen molar-refractivity contribution in [3.63, 3.8) is 0 Å². The first-order chi connectivity index (χ1) is 16.0. The third kappa shape index (κ3) is 4.17. The number of nitrogens with one attached hydrogen (secondary N) is 1. The summed E-state index contributed by atoms with van der Waals surface area (Å²) in [6.07, 6.45) is 4.64. The predicted octanol–water partition coefficient (Wildman–Crippen LogP) is 2.61. The van der Waals surface area contributed by atoms with Gasteiger partial charge in [0.1, 0.15) is 0 Å². The van der Waals surface area contributed by atoms with Crippen LogP contribution in [0.5, 0.6) is 0 Å². The zero-order chi connectivity index (χ0) is 22.9. The lowest BCUT2D eigenvalue weighted by atomic mass is 9.98. The number of nitrogens with zero attached hydrogens (tertiary/aromatic N) is 4. The highest BCUT2D eigenvalue weighted by Crippen LogP contribution is 2.31. The molecule has 1 saturated heterocycles. The molecule has 8 heteroatoms. The minimum absolute atomic E-state index is 0.0378. The summed E-state index contributed by atoms with van der Waals surface area (Å²) in [5.41, 5.74) is 3.76. The van der Waals surface area contributed by atoms with Gasteiger partial charge in [-0.1, -0.05) is 30.3 Å². The lowest BCUT2D eigenvalue weighted by Crippen LogP contribution is -2.39. The molecule has 0 aliphatic carbocycles. The fourth-order valence-corrected chi connectivity index (χ4v) is 5.03. The highest BCUT2D eigenvalue weighted by molar-refractivity contribution is 5.77. The van der Waals surface area contributed by atoms with E-state index in [-0.39, 0.29) is 23.4 Å². The fraction of sp³-hybridized carbons (Fsp3) is 0.440. The topological polar surface area (TPSA) is 90.8 Å². The van der Waals surface area contributed by atoms with Crippen LogP contribution < -0.4 is 5.56 Å². The van der Waals surface area contributed by atoms with Gasteiger partial charge in [-0.05, 0) is 31.2 Å². The zero-order valence-corrected chi connectivity index (χ0v) is 18.9. The lowest BCUT2D eigenvalue weighted by Gasteiger charge is -2.35. The van der Waals surface area contributed by atoms with Crippen molar-refractivity contribution >= 4 is 17.5 Å². The molecule has 1 atom stereocenters. The van der Waals surface area contributed by atoms with Gasteiger partial charge in [0, 0.05) is 38.9 Å². The van der Waals surface area contributed by atoms with Gasteiger partial charge < -0.3 is 9.80 Å². The number of aromatic amines is 1. The summed E-state index contributed by atoms with van der Waals surface area (Å²) in [7, 11) is 0. The van der Waals surface area contributed by atoms with Crippen molar-refractivity contribution in [1.82, 2.24) is 24.4 Å². The van der Waals surface area contributed by atoms with Gasteiger partial charge in [-0.2, -0.15) is 0 Å². The summed E-state index contributed by atoms with van der Waals surface area (Å²) in [5, 5.41) is 3.23. The van der Waals surface area contributed by atoms with Crippen LogP contribution in [0.4, 0.5) is 0 Å². The fourth-order valence-electron chi connectivity index (χ4n) is 5.03. The van der Waals surface area contributed by atoms with Gasteiger partial charge in [0.2, 0.25) is 11.8 Å². The smallest absolute Gasteiger partial charge is 0.277 e. The number of carbonyl (C=O) groups excluding carboxylic acids is 2. The van der Waals surface area contributed by atoms with Crippen LogP contribution in [0.25, 0.3) is 5.65 Å². The molecule has 5 rings (SSSR count). The molecule has 8 nitrogen and oxygen atoms in total. The molecule has 1 aromatic carbocycles. The molecule has 0 bridgehead atoms. The second-order valence-electron chi connectivity index (χ2n) is 9.02. The minimum atomic E-state index is -0.162. The van der Waals surface area contributed by atoms with E-state index in [4.69, 9.17) is 4.98 Å². The first kappa shape index (κ1) is 21.4. The van der Waals surface area contributed by atoms with E-state index in [1.54, 1.807) is 4.90 Å². The van der Waals surface area contributed by atoms with Crippen molar-refractivity contribution in [1.29, 1.82) is 0 Å². The van der Waals surface area contributed by atoms with E-state index in [1.165, 1.54) is 11.4 Å². The standard InChI is InChI=1S/C25H29N5O3/c1-17(31)28-14-12-20-19(16-28)25(33)30-23(26-20)15-21(27-30)22-9-5-6-13-29(22)24(32)11-10-18-7-3-2-4-8-18/h2-4,7-8,15,22,27H,5-6,9-14,16H2,1H3/t22-/m0/s1. The van der Waals surface area contributed by atoms with Gasteiger partial charge in [-0.15, -0.1) is 0 Å². The number of aromatic nitrogens is 3. The molecule has 0 radical (unpaired) electrons. The summed E-state index contributed by atoms with van der Waals surface area (Å²) in [4.78, 5) is 46.5. The van der Waals surface area contributed by atoms with Crippen molar-refractivity contribution < 1.29 is 9.59 Å². The van der Waals surface area contributed by atoms with Gasteiger partial charge in [-0.3, -0.25) is 19.5 Å². The van der Waals surface area contributed by atoms with Crippen molar-refractivity contribution in [3.8, 4) is 0 Å². The van der Waals surface area contributed by atoms with Crippen LogP contribution in [-0.2, 0) is 29.0 Å². The molecule has 2 aliphatic heterocycles. The average Bonchev–Trinajstić information content (AvgIpc) is 3.27. The first-order valence-corrected chi connectivity index (χ1v) is 11.7. The van der Waals surface area contributed by atoms with E-state index in [2.05, 4.69) is 5.10 Å². The maximum atomic E-state index is 13.2. The number of likely N-dealkylation sites (tertiary alicyclic amines) is 1. The Morgan fingerprint density at radius 1 is 1.15 bits per heavy atom. The Labute approximate surface area is 192 Å². The number of hydrogen-bond donors (Lipinski definition) is 1. The number of amides is 2. The Morgan fingerprint density at radius 2 is 1.97 bits per heavy atom. The molecule has 0 spiro atoms. The number of piperidine rings is 1. The average molecular weight is 448 g/mol. The summed E-state index contributed by atoms with van der Waals surface area (Å²) >= 11 is 0. The van der Waals surface area contributed by atoms with Crippen LogP contribution in [-0.4, -0.2) is 49.3 Å². The molecule has 2 amide bonds. The number of H-pyrrole nitrogens is 1. The van der Waals surface area contributed by atoms with Gasteiger partial charge in [0.05, 0.1) is 29.5 Å². The number of carbonyl (C=O) groups is 2. The van der Waals surface area contributed by atoms with Gasteiger partial charge in [-0.25, -0.2) is 9.50 Å². The summed E-state index contributed by atoms with van der Waals surface area (Å²) in [6, 6.07) is 11.9. The molecule has 2 aliphatic rings. The number of aryl methyl sites for hydroxylation is 1. The van der Waals surface area contributed by atoms with E-state index < -0.39 is 0 Å². The molecule has 0 unspecified atom stereocenters. The molecule has 2 aromatic heterocycles. The van der Waals surface area contributed by atoms with Crippen LogP contribution in [0.1, 0.15) is 61.2 Å². The lowest BCUT2D eigenvalue weighted by molar-refractivity contribution is -0.135. The third-order valence-electron chi connectivity index (χ3n) is 6.88. The van der Waals surface area contributed by atoms with E-state index >= 15 is 0 Å². The van der Waals surface area contributed by atoms with Crippen molar-refractivity contribution in [3.05, 3.63) is 69.3 Å². The summed E-state index contributed by atoms with van der Waals surface area (Å²) in [5.74, 6) is 0.100. The van der Waals surface area contributed by atoms with Crippen LogP contribution in [0.15, 0.2) is 41.2 Å². The largest absolute Gasteiger partial charge is 0.338 e. The third-order valence-corrected chi connectivity index (χ3v) is 6.88. The van der Waals surface area contributed by atoms with Crippen molar-refractivity contribution in [2.24, 2.45) is 0 Å². The SMILES string of the molecule is CC(=O)N1CCc2nc3cc([C@@H]4CCCCN4C(=O)CCc4ccccc4)[nH]n3c(=O)c2C1. The number of fused-ring (bicyclic) bond motifs is 2. The predicted molar refractivity (Wildman–Crippen MR) is 124 cm³/mol. The van der Waals surface area contributed by atoms with E-state index in [9.17, 15) is 14.4 Å². The Bertz CT molecular complexity index is 1250. The van der Waals surface area contributed by atoms with E-state index in [0.29, 0.717) is 37.1 Å². The maximum absolute atomic E-state index is 13.2. The molecule has 1 N–H and O–H groups in total. The van der Waals surface area contributed by atoms with E-state index in [0.717, 1.165) is 49.2 Å². The molecular formula is C25H29N5O3. The molecule has 172 valence electrons. The Kier molecular flexibility index (Phi) is 5.74. The van der Waals surface area contributed by atoms with Crippen LogP contribution in [0, 0.1) is 0 Å². The molecule has 1 fully saturated rings. The van der Waals surface area contributed by atoms with Gasteiger partial charge in [0.25, 0.3) is 5.56 Å². The normalized spacial score (nSPS) is 18.4. The highest BCUT2D eigenvalue weighted by Gasteiger charge is 2.30. The summed E-state index contributed by atoms with van der Waals surface area (Å²) in [6.45, 7) is 3.11. The van der Waals surface area contributed by atoms with Crippen LogP contribution >= 0.6 is 0 Å². The molecule has 0 saturated carbocycles. The Hall–Kier alpha value is -3.42. The second kappa shape index (κ2) is 8.84. The number of benzene rings is 1. The van der Waals surface area contributed by atoms with Crippen LogP contribution in [0.3, 0.4) is 0 Å². The van der Waals surface area contributed by atoms with E-state index in [1.807, 2.05) is 41.3 Å². The first-order valence-electron chi connectivity index (χ1n) is 11.7. The van der Waals surface area contributed by atoms with Gasteiger partial charge in [0.15, 0.2) is 5.65 Å². The zero-order valence-electron chi connectivity index (χ0n) is 18.9. The second-order valence-corrected chi connectivity index (χ2v) is 9.02. The molecule has 3 aromatic rings. The molecule has 4 heterocycles. The highest BCUT2D eigenvalue weighted by atomic mass is 16.2. The van der Waals surface area contributed by atoms with Crippen molar-refractivity contribution in [2.75, 3.05) is 13.1 Å². The van der Waals surface area contributed by atoms with Gasteiger partial charge >= 0.3 is 0 Å². The van der Waals surface area contributed by atoms with Crippen molar-refractivity contribution in [2.45, 2.75) is 58.0 Å². The number of rotatable bonds is 4. The van der Waals surface area contributed by atoms with Crippen LogP contribution in [0.2, 0.25) is 0 Å².